The number of amidine groups is 1. The first-order chi connectivity index (χ1) is 13.3. The molecule has 2 aromatic rings. The summed E-state index contributed by atoms with van der Waals surface area (Å²) in [6.45, 7) is 0.196. The first-order valence-electron chi connectivity index (χ1n) is 7.79. The number of carbonyl (C=O) groups is 1. The summed E-state index contributed by atoms with van der Waals surface area (Å²) in [6, 6.07) is 8.89. The van der Waals surface area contributed by atoms with Gasteiger partial charge in [-0.1, -0.05) is 17.8 Å². The lowest BCUT2D eigenvalue weighted by Gasteiger charge is -2.08. The average molecular weight is 423 g/mol. The number of primary sulfonamides is 1. The summed E-state index contributed by atoms with van der Waals surface area (Å²) < 4.78 is 26.5. The highest BCUT2D eigenvalue weighted by atomic mass is 32.2. The van der Waals surface area contributed by atoms with E-state index < -0.39 is 21.7 Å². The highest BCUT2D eigenvalue weighted by Gasteiger charge is 2.17. The molecule has 0 saturated heterocycles. The van der Waals surface area contributed by atoms with Gasteiger partial charge in [0.2, 0.25) is 15.9 Å². The highest BCUT2D eigenvalue weighted by Crippen LogP contribution is 2.20. The molecule has 0 bridgehead atoms. The molecule has 1 amide bonds. The molecule has 148 valence electrons. The summed E-state index contributed by atoms with van der Waals surface area (Å²) in [6.07, 6.45) is 0. The zero-order chi connectivity index (χ0) is 20.6. The van der Waals surface area contributed by atoms with Gasteiger partial charge in [0.1, 0.15) is 5.75 Å². The fourth-order valence-corrected chi connectivity index (χ4v) is 3.24. The van der Waals surface area contributed by atoms with E-state index in [9.17, 15) is 13.2 Å². The minimum atomic E-state index is -3.86. The summed E-state index contributed by atoms with van der Waals surface area (Å²) in [5.41, 5.74) is 1.50. The number of aliphatic imine (C=N–C) groups is 1. The lowest BCUT2D eigenvalue weighted by molar-refractivity contribution is -0.118. The Balaban J connectivity index is 1.96. The molecule has 11 nitrogen and oxygen atoms in total. The molecule has 1 heterocycles. The number of nitrogens with zero attached hydrogens (tertiary/aromatic N) is 4. The molecule has 0 aliphatic rings. The van der Waals surface area contributed by atoms with E-state index in [1.54, 1.807) is 31.3 Å². The molecule has 1 aromatic heterocycles. The monoisotopic (exact) mass is 423 g/mol. The first-order valence-corrected chi connectivity index (χ1v) is 10.5. The number of hydrogen-bond acceptors (Lipinski definition) is 9. The molecule has 0 atom stereocenters. The van der Waals surface area contributed by atoms with Crippen LogP contribution in [0.15, 0.2) is 38.9 Å². The molecule has 0 aliphatic heterocycles. The molecule has 0 unspecified atom stereocenters. The maximum Gasteiger partial charge on any atom is 0.236 e. The standard InChI is InChI=1S/C15H17N7O4S2/c1-18-14(20-11-4-2-3-10(7-11)8-16)13-15(22-26-21-13)27-6-5-19-12(23)9-28(17,24)25/h2-4,7H,5-6,9H2,1H3,(H,18,20)(H,19,23)(H2,17,24,25). The van der Waals surface area contributed by atoms with Crippen molar-refractivity contribution in [2.75, 3.05) is 30.4 Å². The number of aromatic nitrogens is 2. The van der Waals surface area contributed by atoms with Crippen molar-refractivity contribution in [1.29, 1.82) is 5.26 Å². The van der Waals surface area contributed by atoms with Gasteiger partial charge in [-0.05, 0) is 28.5 Å². The van der Waals surface area contributed by atoms with Gasteiger partial charge >= 0.3 is 0 Å². The van der Waals surface area contributed by atoms with E-state index in [-0.39, 0.29) is 6.54 Å². The van der Waals surface area contributed by atoms with E-state index in [0.717, 1.165) is 0 Å². The number of thioether (sulfide) groups is 1. The van der Waals surface area contributed by atoms with Crippen molar-refractivity contribution in [3.8, 4) is 6.07 Å². The lowest BCUT2D eigenvalue weighted by atomic mass is 10.2. The SMILES string of the molecule is C/N=C(\Nc1cccc(C#N)c1)c1nonc1SCCNC(=O)CS(N)(=O)=O. The van der Waals surface area contributed by atoms with Crippen LogP contribution in [0.1, 0.15) is 11.3 Å². The Bertz CT molecular complexity index is 1010. The fourth-order valence-electron chi connectivity index (χ4n) is 2.02. The van der Waals surface area contributed by atoms with Gasteiger partial charge in [0.05, 0.1) is 11.6 Å². The second-order valence-electron chi connectivity index (χ2n) is 5.31. The van der Waals surface area contributed by atoms with Crippen LogP contribution < -0.4 is 15.8 Å². The Hall–Kier alpha value is -2.95. The van der Waals surface area contributed by atoms with Crippen LogP contribution in [0.3, 0.4) is 0 Å². The number of carbonyl (C=O) groups excluding carboxylic acids is 1. The smallest absolute Gasteiger partial charge is 0.236 e. The van der Waals surface area contributed by atoms with Crippen molar-refractivity contribution < 1.29 is 17.8 Å². The summed E-state index contributed by atoms with van der Waals surface area (Å²) in [4.78, 5) is 15.6. The molecule has 2 rings (SSSR count). The molecular formula is C15H17N7O4S2. The van der Waals surface area contributed by atoms with Crippen molar-refractivity contribution in [3.63, 3.8) is 0 Å². The first kappa shape index (κ1) is 21.4. The third kappa shape index (κ3) is 6.65. The van der Waals surface area contributed by atoms with Gasteiger partial charge in [-0.25, -0.2) is 18.2 Å². The minimum Gasteiger partial charge on any atom is -0.354 e. The van der Waals surface area contributed by atoms with Crippen LogP contribution >= 0.6 is 11.8 Å². The molecule has 0 radical (unpaired) electrons. The molecular weight excluding hydrogens is 406 g/mol. The average Bonchev–Trinajstić information content (AvgIpc) is 3.10. The van der Waals surface area contributed by atoms with Gasteiger partial charge < -0.3 is 10.6 Å². The Morgan fingerprint density at radius 3 is 2.89 bits per heavy atom. The van der Waals surface area contributed by atoms with Crippen LogP contribution in [-0.4, -0.2) is 55.6 Å². The summed E-state index contributed by atoms with van der Waals surface area (Å²) >= 11 is 1.24. The molecule has 13 heteroatoms. The number of anilines is 1. The zero-order valence-corrected chi connectivity index (χ0v) is 16.4. The van der Waals surface area contributed by atoms with E-state index in [2.05, 4.69) is 32.0 Å². The number of nitrogens with two attached hydrogens (primary N) is 1. The number of hydrogen-bond donors (Lipinski definition) is 3. The summed E-state index contributed by atoms with van der Waals surface area (Å²) in [7, 11) is -2.30. The van der Waals surface area contributed by atoms with E-state index >= 15 is 0 Å². The van der Waals surface area contributed by atoms with E-state index in [1.807, 2.05) is 0 Å². The molecule has 1 aromatic carbocycles. The Morgan fingerprint density at radius 2 is 2.21 bits per heavy atom. The largest absolute Gasteiger partial charge is 0.354 e. The van der Waals surface area contributed by atoms with Gasteiger partial charge in [0, 0.05) is 25.0 Å². The van der Waals surface area contributed by atoms with Crippen molar-refractivity contribution in [2.45, 2.75) is 5.03 Å². The number of rotatable bonds is 8. The van der Waals surface area contributed by atoms with Gasteiger partial charge in [0.25, 0.3) is 0 Å². The van der Waals surface area contributed by atoms with Crippen molar-refractivity contribution >= 4 is 39.2 Å². The summed E-state index contributed by atoms with van der Waals surface area (Å²) in [5.74, 6) is -0.681. The van der Waals surface area contributed by atoms with Gasteiger partial charge in [-0.2, -0.15) is 5.26 Å². The fraction of sp³-hybridized carbons (Fsp3) is 0.267. The third-order valence-corrected chi connectivity index (χ3v) is 4.77. The number of amides is 1. The minimum absolute atomic E-state index is 0.196. The number of nitriles is 1. The normalized spacial score (nSPS) is 11.7. The molecule has 4 N–H and O–H groups in total. The Labute approximate surface area is 165 Å². The van der Waals surface area contributed by atoms with Crippen LogP contribution in [0.4, 0.5) is 5.69 Å². The van der Waals surface area contributed by atoms with Crippen LogP contribution in [0.2, 0.25) is 0 Å². The second kappa shape index (κ2) is 9.83. The van der Waals surface area contributed by atoms with E-state index in [4.69, 9.17) is 15.0 Å². The van der Waals surface area contributed by atoms with Crippen molar-refractivity contribution in [2.24, 2.45) is 10.1 Å². The number of nitrogens with one attached hydrogen (secondary N) is 2. The third-order valence-electron chi connectivity index (χ3n) is 3.16. The van der Waals surface area contributed by atoms with E-state index in [0.29, 0.717) is 33.6 Å². The van der Waals surface area contributed by atoms with Crippen LogP contribution in [0, 0.1) is 11.3 Å². The van der Waals surface area contributed by atoms with Crippen LogP contribution in [-0.2, 0) is 14.8 Å². The predicted molar refractivity (Wildman–Crippen MR) is 103 cm³/mol. The van der Waals surface area contributed by atoms with Gasteiger partial charge in [0.15, 0.2) is 16.6 Å². The Morgan fingerprint density at radius 1 is 1.43 bits per heavy atom. The quantitative estimate of drug-likeness (QED) is 0.227. The maximum absolute atomic E-state index is 11.4. The number of sulfonamides is 1. The van der Waals surface area contributed by atoms with Crippen molar-refractivity contribution in [3.05, 3.63) is 35.5 Å². The predicted octanol–water partition coefficient (Wildman–Crippen LogP) is -0.0734. The molecule has 0 saturated carbocycles. The Kier molecular flexibility index (Phi) is 7.50. The van der Waals surface area contributed by atoms with Crippen LogP contribution in [0.25, 0.3) is 0 Å². The van der Waals surface area contributed by atoms with Crippen LogP contribution in [0.5, 0.6) is 0 Å². The topological polar surface area (TPSA) is 176 Å². The van der Waals surface area contributed by atoms with E-state index in [1.165, 1.54) is 11.8 Å². The zero-order valence-electron chi connectivity index (χ0n) is 14.7. The lowest BCUT2D eigenvalue weighted by Crippen LogP contribution is -2.34. The number of benzene rings is 1. The molecule has 0 spiro atoms. The molecule has 28 heavy (non-hydrogen) atoms. The highest BCUT2D eigenvalue weighted by molar-refractivity contribution is 7.99. The maximum atomic E-state index is 11.4. The second-order valence-corrected chi connectivity index (χ2v) is 8.01. The summed E-state index contributed by atoms with van der Waals surface area (Å²) in [5, 5.41) is 27.4. The van der Waals surface area contributed by atoms with Gasteiger partial charge in [-0.15, -0.1) is 0 Å². The molecule has 0 aliphatic carbocycles. The van der Waals surface area contributed by atoms with Gasteiger partial charge in [-0.3, -0.25) is 9.79 Å². The molecule has 0 fully saturated rings. The van der Waals surface area contributed by atoms with Crippen molar-refractivity contribution in [1.82, 2.24) is 15.6 Å².